The average Bonchev–Trinajstić information content (AvgIpc) is 2.46. The number of hydrogen-bond donors (Lipinski definition) is 0. The van der Waals surface area contributed by atoms with Crippen molar-refractivity contribution in [2.24, 2.45) is 0 Å². The Balaban J connectivity index is 2.43. The molecule has 0 bridgehead atoms. The van der Waals surface area contributed by atoms with E-state index in [1.54, 1.807) is 0 Å². The zero-order valence-corrected chi connectivity index (χ0v) is 12.8. The number of benzene rings is 1. The second-order valence-corrected chi connectivity index (χ2v) is 6.92. The molecule has 1 aromatic carbocycles. The number of piperidine rings is 1. The smallest absolute Gasteiger partial charge is 0.324 e. The second-order valence-electron chi connectivity index (χ2n) is 5.06. The van der Waals surface area contributed by atoms with Crippen LogP contribution in [0.3, 0.4) is 0 Å². The quantitative estimate of drug-likeness (QED) is 0.799. The molecule has 116 valence electrons. The zero-order chi connectivity index (χ0) is 15.6. The van der Waals surface area contributed by atoms with Gasteiger partial charge in [-0.15, -0.1) is 0 Å². The Morgan fingerprint density at radius 2 is 2.10 bits per heavy atom. The molecule has 0 aromatic heterocycles. The summed E-state index contributed by atoms with van der Waals surface area (Å²) in [7, 11) is -2.61. The highest BCUT2D eigenvalue weighted by Gasteiger charge is 2.38. The number of ether oxygens (including phenoxy) is 1. The lowest BCUT2D eigenvalue weighted by Gasteiger charge is -2.33. The van der Waals surface area contributed by atoms with Gasteiger partial charge in [0.15, 0.2) is 0 Å². The van der Waals surface area contributed by atoms with Crippen LogP contribution in [-0.2, 0) is 19.6 Å². The molecule has 1 aliphatic rings. The van der Waals surface area contributed by atoms with E-state index >= 15 is 0 Å². The number of carbonyl (C=O) groups is 1. The molecule has 0 spiro atoms. The minimum Gasteiger partial charge on any atom is -0.468 e. The van der Waals surface area contributed by atoms with Crippen molar-refractivity contribution in [3.63, 3.8) is 0 Å². The Morgan fingerprint density at radius 1 is 1.38 bits per heavy atom. The van der Waals surface area contributed by atoms with Crippen LogP contribution in [0, 0.1) is 12.7 Å². The lowest BCUT2D eigenvalue weighted by molar-refractivity contribution is -0.146. The number of aryl methyl sites for hydroxylation is 1. The van der Waals surface area contributed by atoms with Crippen LogP contribution in [0.4, 0.5) is 4.39 Å². The van der Waals surface area contributed by atoms with Crippen LogP contribution in [0.15, 0.2) is 23.1 Å². The first-order chi connectivity index (χ1) is 9.87. The lowest BCUT2D eigenvalue weighted by atomic mass is 10.1. The first-order valence-corrected chi connectivity index (χ1v) is 8.17. The van der Waals surface area contributed by atoms with Crippen molar-refractivity contribution in [2.75, 3.05) is 13.7 Å². The highest BCUT2D eigenvalue weighted by molar-refractivity contribution is 7.89. The fourth-order valence-electron chi connectivity index (χ4n) is 2.59. The number of methoxy groups -OCH3 is 1. The molecular weight excluding hydrogens is 297 g/mol. The van der Waals surface area contributed by atoms with Crippen LogP contribution in [0.2, 0.25) is 0 Å². The molecule has 0 saturated carbocycles. The van der Waals surface area contributed by atoms with Crippen LogP contribution < -0.4 is 0 Å². The third kappa shape index (κ3) is 3.08. The van der Waals surface area contributed by atoms with Crippen LogP contribution in [0.5, 0.6) is 0 Å². The van der Waals surface area contributed by atoms with E-state index in [-0.39, 0.29) is 11.4 Å². The van der Waals surface area contributed by atoms with Crippen molar-refractivity contribution in [3.8, 4) is 0 Å². The van der Waals surface area contributed by atoms with Gasteiger partial charge in [0.1, 0.15) is 11.9 Å². The number of carbonyl (C=O) groups excluding carboxylic acids is 1. The Labute approximate surface area is 123 Å². The molecule has 1 aromatic rings. The van der Waals surface area contributed by atoms with Gasteiger partial charge in [-0.1, -0.05) is 0 Å². The average molecular weight is 315 g/mol. The summed E-state index contributed by atoms with van der Waals surface area (Å²) in [5.74, 6) is -1.05. The summed E-state index contributed by atoms with van der Waals surface area (Å²) in [6, 6.07) is 2.71. The molecule has 21 heavy (non-hydrogen) atoms. The molecule has 1 fully saturated rings. The van der Waals surface area contributed by atoms with Crippen LogP contribution in [0.25, 0.3) is 0 Å². The zero-order valence-electron chi connectivity index (χ0n) is 12.0. The number of nitrogens with zero attached hydrogens (tertiary/aromatic N) is 1. The first kappa shape index (κ1) is 15.9. The van der Waals surface area contributed by atoms with E-state index in [9.17, 15) is 17.6 Å². The van der Waals surface area contributed by atoms with Crippen LogP contribution in [0.1, 0.15) is 24.8 Å². The van der Waals surface area contributed by atoms with Crippen molar-refractivity contribution in [1.29, 1.82) is 0 Å². The molecule has 1 atom stereocenters. The minimum absolute atomic E-state index is 0.0275. The van der Waals surface area contributed by atoms with Crippen LogP contribution in [-0.4, -0.2) is 38.4 Å². The lowest BCUT2D eigenvalue weighted by Crippen LogP contribution is -2.48. The van der Waals surface area contributed by atoms with Crippen LogP contribution >= 0.6 is 0 Å². The van der Waals surface area contributed by atoms with Crippen molar-refractivity contribution in [1.82, 2.24) is 4.31 Å². The standard InChI is InChI=1S/C14H18FNO4S/c1-10-9-11(15)6-7-13(10)21(18,19)16-8-4-3-5-12(16)14(17)20-2/h6-7,9,12H,3-5,8H2,1-2H3/t12-/m0/s1. The predicted molar refractivity (Wildman–Crippen MR) is 74.7 cm³/mol. The van der Waals surface area contributed by atoms with Gasteiger partial charge >= 0.3 is 5.97 Å². The molecule has 1 heterocycles. The molecule has 1 aliphatic heterocycles. The number of esters is 1. The molecule has 0 amide bonds. The molecular formula is C14H18FNO4S. The van der Waals surface area contributed by atoms with Gasteiger partial charge < -0.3 is 4.74 Å². The summed E-state index contributed by atoms with van der Waals surface area (Å²) in [6.07, 6.45) is 1.90. The van der Waals surface area contributed by atoms with E-state index in [1.807, 2.05) is 0 Å². The van der Waals surface area contributed by atoms with Crippen molar-refractivity contribution >= 4 is 16.0 Å². The van der Waals surface area contributed by atoms with E-state index in [1.165, 1.54) is 30.5 Å². The topological polar surface area (TPSA) is 63.7 Å². The van der Waals surface area contributed by atoms with Gasteiger partial charge in [-0.2, -0.15) is 4.31 Å². The third-order valence-electron chi connectivity index (χ3n) is 3.65. The Kier molecular flexibility index (Phi) is 4.63. The molecule has 5 nitrogen and oxygen atoms in total. The SMILES string of the molecule is COC(=O)[C@@H]1CCCCN1S(=O)(=O)c1ccc(F)cc1C. The van der Waals surface area contributed by atoms with E-state index < -0.39 is 27.9 Å². The van der Waals surface area contributed by atoms with E-state index in [4.69, 9.17) is 4.74 Å². The maximum atomic E-state index is 13.2. The number of rotatable bonds is 3. The predicted octanol–water partition coefficient (Wildman–Crippen LogP) is 1.85. The Bertz CT molecular complexity index is 644. The van der Waals surface area contributed by atoms with E-state index in [0.717, 1.165) is 12.5 Å². The number of hydrogen-bond acceptors (Lipinski definition) is 4. The second kappa shape index (κ2) is 6.11. The van der Waals surface area contributed by atoms with E-state index in [2.05, 4.69) is 0 Å². The summed E-state index contributed by atoms with van der Waals surface area (Å²) >= 11 is 0. The first-order valence-electron chi connectivity index (χ1n) is 6.73. The normalized spacial score (nSPS) is 20.2. The highest BCUT2D eigenvalue weighted by atomic mass is 32.2. The van der Waals surface area contributed by atoms with Gasteiger partial charge in [0.2, 0.25) is 10.0 Å². The highest BCUT2D eigenvalue weighted by Crippen LogP contribution is 2.28. The molecule has 0 N–H and O–H groups in total. The fraction of sp³-hybridized carbons (Fsp3) is 0.500. The van der Waals surface area contributed by atoms with Gasteiger partial charge in [-0.25, -0.2) is 12.8 Å². The van der Waals surface area contributed by atoms with Crippen molar-refractivity contribution in [3.05, 3.63) is 29.6 Å². The summed E-state index contributed by atoms with van der Waals surface area (Å²) in [6.45, 7) is 1.80. The molecule has 1 saturated heterocycles. The van der Waals surface area contributed by atoms with Crippen molar-refractivity contribution < 1.29 is 22.3 Å². The Morgan fingerprint density at radius 3 is 2.71 bits per heavy atom. The summed E-state index contributed by atoms with van der Waals surface area (Å²) in [5.41, 5.74) is 0.323. The van der Waals surface area contributed by atoms with Gasteiger partial charge in [-0.05, 0) is 49.9 Å². The fourth-order valence-corrected chi connectivity index (χ4v) is 4.45. The summed E-state index contributed by atoms with van der Waals surface area (Å²) in [4.78, 5) is 11.8. The minimum atomic E-state index is -3.85. The largest absolute Gasteiger partial charge is 0.468 e. The molecule has 0 radical (unpaired) electrons. The molecule has 0 unspecified atom stereocenters. The number of sulfonamides is 1. The van der Waals surface area contributed by atoms with Gasteiger partial charge in [0.05, 0.1) is 12.0 Å². The summed E-state index contributed by atoms with van der Waals surface area (Å²) in [5, 5.41) is 0. The number of halogens is 1. The molecule has 0 aliphatic carbocycles. The van der Waals surface area contributed by atoms with Gasteiger partial charge in [0, 0.05) is 6.54 Å². The molecule has 2 rings (SSSR count). The van der Waals surface area contributed by atoms with Gasteiger partial charge in [-0.3, -0.25) is 4.79 Å². The third-order valence-corrected chi connectivity index (χ3v) is 5.72. The maximum Gasteiger partial charge on any atom is 0.324 e. The summed E-state index contributed by atoms with van der Waals surface area (Å²) < 4.78 is 44.5. The van der Waals surface area contributed by atoms with Crippen molar-refractivity contribution in [2.45, 2.75) is 37.1 Å². The monoisotopic (exact) mass is 315 g/mol. The molecule has 7 heteroatoms. The maximum absolute atomic E-state index is 13.2. The van der Waals surface area contributed by atoms with E-state index in [0.29, 0.717) is 18.4 Å². The van der Waals surface area contributed by atoms with Gasteiger partial charge in [0.25, 0.3) is 0 Å². The Hall–Kier alpha value is -1.47.